The van der Waals surface area contributed by atoms with Gasteiger partial charge in [0.05, 0.1) is 11.5 Å². The molecule has 0 fully saturated rings. The molecule has 0 radical (unpaired) electrons. The van der Waals surface area contributed by atoms with Crippen LogP contribution in [0.1, 0.15) is 12.5 Å². The third kappa shape index (κ3) is 2.28. The van der Waals surface area contributed by atoms with E-state index in [4.69, 9.17) is 10.2 Å². The number of aryl methyl sites for hydroxylation is 1. The maximum absolute atomic E-state index is 5.84. The molecule has 0 unspecified atom stereocenters. The largest absolute Gasteiger partial charge is 0.436 e. The van der Waals surface area contributed by atoms with Crippen molar-refractivity contribution >= 4 is 22.6 Å². The summed E-state index contributed by atoms with van der Waals surface area (Å²) in [6, 6.07) is 13.6. The van der Waals surface area contributed by atoms with Crippen LogP contribution in [0.3, 0.4) is 0 Å². The first-order chi connectivity index (χ1) is 9.63. The smallest absolute Gasteiger partial charge is 0.227 e. The molecule has 3 aromatic rings. The minimum Gasteiger partial charge on any atom is -0.436 e. The molecule has 0 saturated heterocycles. The zero-order valence-corrected chi connectivity index (χ0v) is 11.4. The van der Waals surface area contributed by atoms with Gasteiger partial charge in [0.1, 0.15) is 5.52 Å². The standard InChI is InChI=1S/C16H15N3O/c1-10-5-3-4-6-13(10)16-19-14-8-7-12(18-11(2)17)9-15(14)20-16/h3-9H,1-2H3,(H2,17,18). The molecule has 100 valence electrons. The number of aliphatic imine (C=N–C) groups is 1. The number of aromatic nitrogens is 1. The predicted molar refractivity (Wildman–Crippen MR) is 81.1 cm³/mol. The molecule has 4 nitrogen and oxygen atoms in total. The van der Waals surface area contributed by atoms with Gasteiger partial charge in [-0.3, -0.25) is 0 Å². The topological polar surface area (TPSA) is 64.4 Å². The zero-order chi connectivity index (χ0) is 14.1. The molecule has 3 rings (SSSR count). The summed E-state index contributed by atoms with van der Waals surface area (Å²) in [6.45, 7) is 3.79. The Kier molecular flexibility index (Phi) is 2.99. The van der Waals surface area contributed by atoms with Crippen LogP contribution in [0.5, 0.6) is 0 Å². The lowest BCUT2D eigenvalue weighted by Crippen LogP contribution is -2.03. The summed E-state index contributed by atoms with van der Waals surface area (Å²) in [5.74, 6) is 1.15. The fourth-order valence-corrected chi connectivity index (χ4v) is 2.11. The molecule has 0 amide bonds. The fourth-order valence-electron chi connectivity index (χ4n) is 2.11. The van der Waals surface area contributed by atoms with Gasteiger partial charge in [-0.2, -0.15) is 0 Å². The van der Waals surface area contributed by atoms with E-state index in [1.807, 2.05) is 49.4 Å². The maximum Gasteiger partial charge on any atom is 0.227 e. The molecule has 1 heterocycles. The molecule has 2 aromatic carbocycles. The van der Waals surface area contributed by atoms with Crippen molar-refractivity contribution in [2.45, 2.75) is 13.8 Å². The lowest BCUT2D eigenvalue weighted by Gasteiger charge is -1.98. The van der Waals surface area contributed by atoms with Crippen LogP contribution in [0.4, 0.5) is 5.69 Å². The minimum absolute atomic E-state index is 0.517. The van der Waals surface area contributed by atoms with Crippen molar-refractivity contribution in [2.24, 2.45) is 10.7 Å². The summed E-state index contributed by atoms with van der Waals surface area (Å²) < 4.78 is 5.84. The molecule has 2 N–H and O–H groups in total. The molecule has 0 aliphatic carbocycles. The Hall–Kier alpha value is -2.62. The quantitative estimate of drug-likeness (QED) is 0.566. The first-order valence-electron chi connectivity index (χ1n) is 6.41. The molecule has 0 aliphatic rings. The average Bonchev–Trinajstić information content (AvgIpc) is 2.81. The van der Waals surface area contributed by atoms with Crippen molar-refractivity contribution in [2.75, 3.05) is 0 Å². The van der Waals surface area contributed by atoms with Gasteiger partial charge >= 0.3 is 0 Å². The van der Waals surface area contributed by atoms with E-state index in [-0.39, 0.29) is 0 Å². The van der Waals surface area contributed by atoms with Crippen LogP contribution < -0.4 is 5.73 Å². The van der Waals surface area contributed by atoms with E-state index in [1.54, 1.807) is 6.92 Å². The molecule has 0 bridgehead atoms. The van der Waals surface area contributed by atoms with E-state index in [0.717, 1.165) is 22.3 Å². The summed E-state index contributed by atoms with van der Waals surface area (Å²) in [4.78, 5) is 8.73. The summed E-state index contributed by atoms with van der Waals surface area (Å²) in [6.07, 6.45) is 0. The lowest BCUT2D eigenvalue weighted by atomic mass is 10.1. The minimum atomic E-state index is 0.517. The van der Waals surface area contributed by atoms with E-state index in [2.05, 4.69) is 9.98 Å². The Morgan fingerprint density at radius 1 is 1.20 bits per heavy atom. The van der Waals surface area contributed by atoms with Crippen LogP contribution in [0.15, 0.2) is 51.9 Å². The number of nitrogens with two attached hydrogens (primary N) is 1. The van der Waals surface area contributed by atoms with E-state index in [0.29, 0.717) is 17.3 Å². The van der Waals surface area contributed by atoms with Crippen LogP contribution in [0, 0.1) is 6.92 Å². The van der Waals surface area contributed by atoms with Crippen LogP contribution >= 0.6 is 0 Å². The number of hydrogen-bond donors (Lipinski definition) is 1. The Morgan fingerprint density at radius 3 is 2.75 bits per heavy atom. The van der Waals surface area contributed by atoms with Crippen LogP contribution in [-0.2, 0) is 0 Å². The second-order valence-corrected chi connectivity index (χ2v) is 4.74. The van der Waals surface area contributed by atoms with Crippen molar-refractivity contribution in [3.8, 4) is 11.5 Å². The highest BCUT2D eigenvalue weighted by atomic mass is 16.3. The summed E-state index contributed by atoms with van der Waals surface area (Å²) in [7, 11) is 0. The third-order valence-corrected chi connectivity index (χ3v) is 3.05. The summed E-state index contributed by atoms with van der Waals surface area (Å²) >= 11 is 0. The number of benzene rings is 2. The highest BCUT2D eigenvalue weighted by Crippen LogP contribution is 2.28. The SMILES string of the molecule is CC(N)=Nc1ccc2nc(-c3ccccc3C)oc2c1. The van der Waals surface area contributed by atoms with Crippen LogP contribution in [0.2, 0.25) is 0 Å². The Bertz CT molecular complexity index is 798. The molecule has 20 heavy (non-hydrogen) atoms. The highest BCUT2D eigenvalue weighted by molar-refractivity contribution is 5.84. The Balaban J connectivity index is 2.12. The van der Waals surface area contributed by atoms with Gasteiger partial charge in [0.2, 0.25) is 5.89 Å². The molecule has 0 atom stereocenters. The third-order valence-electron chi connectivity index (χ3n) is 3.05. The van der Waals surface area contributed by atoms with Gasteiger partial charge in [0.25, 0.3) is 0 Å². The number of rotatable bonds is 2. The molecule has 1 aromatic heterocycles. The molecular formula is C16H15N3O. The van der Waals surface area contributed by atoms with Crippen molar-refractivity contribution in [3.63, 3.8) is 0 Å². The van der Waals surface area contributed by atoms with Gasteiger partial charge in [-0.15, -0.1) is 0 Å². The number of fused-ring (bicyclic) bond motifs is 1. The van der Waals surface area contributed by atoms with Gasteiger partial charge < -0.3 is 10.2 Å². The van der Waals surface area contributed by atoms with Crippen LogP contribution in [0.25, 0.3) is 22.6 Å². The van der Waals surface area contributed by atoms with Gasteiger partial charge in [0, 0.05) is 11.6 Å². The monoisotopic (exact) mass is 265 g/mol. The second-order valence-electron chi connectivity index (χ2n) is 4.74. The van der Waals surface area contributed by atoms with Crippen LogP contribution in [-0.4, -0.2) is 10.8 Å². The second kappa shape index (κ2) is 4.81. The molecular weight excluding hydrogens is 250 g/mol. The van der Waals surface area contributed by atoms with Gasteiger partial charge in [0.15, 0.2) is 5.58 Å². The van der Waals surface area contributed by atoms with E-state index in [9.17, 15) is 0 Å². The van der Waals surface area contributed by atoms with Crippen molar-refractivity contribution in [1.29, 1.82) is 0 Å². The lowest BCUT2D eigenvalue weighted by molar-refractivity contribution is 0.619. The molecule has 0 aliphatic heterocycles. The molecule has 0 spiro atoms. The van der Waals surface area contributed by atoms with Gasteiger partial charge in [-0.25, -0.2) is 9.98 Å². The number of amidine groups is 1. The maximum atomic E-state index is 5.84. The summed E-state index contributed by atoms with van der Waals surface area (Å²) in [5.41, 5.74) is 10.0. The Morgan fingerprint density at radius 2 is 2.00 bits per heavy atom. The van der Waals surface area contributed by atoms with E-state index >= 15 is 0 Å². The fraction of sp³-hybridized carbons (Fsp3) is 0.125. The summed E-state index contributed by atoms with van der Waals surface area (Å²) in [5, 5.41) is 0. The number of nitrogens with zero attached hydrogens (tertiary/aromatic N) is 2. The first kappa shape index (κ1) is 12.4. The van der Waals surface area contributed by atoms with Crippen molar-refractivity contribution in [3.05, 3.63) is 48.0 Å². The van der Waals surface area contributed by atoms with Crippen molar-refractivity contribution < 1.29 is 4.42 Å². The van der Waals surface area contributed by atoms with Crippen molar-refractivity contribution in [1.82, 2.24) is 4.98 Å². The highest BCUT2D eigenvalue weighted by Gasteiger charge is 2.10. The van der Waals surface area contributed by atoms with E-state index < -0.39 is 0 Å². The average molecular weight is 265 g/mol. The number of hydrogen-bond acceptors (Lipinski definition) is 3. The molecule has 0 saturated carbocycles. The molecule has 4 heteroatoms. The zero-order valence-electron chi connectivity index (χ0n) is 11.4. The van der Waals surface area contributed by atoms with E-state index in [1.165, 1.54) is 0 Å². The van der Waals surface area contributed by atoms with Gasteiger partial charge in [-0.05, 0) is 37.6 Å². The number of oxazole rings is 1. The normalized spacial score (nSPS) is 12.0. The first-order valence-corrected chi connectivity index (χ1v) is 6.41. The van der Waals surface area contributed by atoms with Gasteiger partial charge in [-0.1, -0.05) is 18.2 Å². The predicted octanol–water partition coefficient (Wildman–Crippen LogP) is 3.81. The Labute approximate surface area is 117 Å².